The number of ketones is 1. The molecular weight excluding hydrogens is 337 g/mol. The van der Waals surface area contributed by atoms with Crippen LogP contribution in [0.3, 0.4) is 0 Å². The van der Waals surface area contributed by atoms with Crippen molar-refractivity contribution in [3.05, 3.63) is 57.3 Å². The molecule has 2 aromatic heterocycles. The lowest BCUT2D eigenvalue weighted by molar-refractivity contribution is 0.0982. The first-order valence-electron chi connectivity index (χ1n) is 7.04. The first-order valence-corrected chi connectivity index (χ1v) is 7.79. The number of carbonyl (C=O) groups excluding carboxylic acids is 1. The van der Waals surface area contributed by atoms with E-state index in [0.29, 0.717) is 34.1 Å². The molecule has 3 aromatic rings. The number of halogens is 2. The number of rotatable bonds is 4. The maximum absolute atomic E-state index is 12.2. The second-order valence-corrected chi connectivity index (χ2v) is 5.88. The maximum atomic E-state index is 12.2. The van der Waals surface area contributed by atoms with E-state index in [4.69, 9.17) is 23.2 Å². The van der Waals surface area contributed by atoms with E-state index in [9.17, 15) is 9.90 Å². The van der Waals surface area contributed by atoms with E-state index in [2.05, 4.69) is 10.1 Å². The van der Waals surface area contributed by atoms with Gasteiger partial charge in [-0.05, 0) is 17.7 Å². The molecular formula is C16H13Cl2N3O2. The van der Waals surface area contributed by atoms with E-state index >= 15 is 0 Å². The highest BCUT2D eigenvalue weighted by Gasteiger charge is 2.20. The monoisotopic (exact) mass is 349 g/mol. The van der Waals surface area contributed by atoms with Crippen LogP contribution in [0.15, 0.2) is 30.5 Å². The summed E-state index contributed by atoms with van der Waals surface area (Å²) in [4.78, 5) is 16.5. The summed E-state index contributed by atoms with van der Waals surface area (Å²) in [6.07, 6.45) is 2.11. The number of aromatic hydroxyl groups is 1. The Bertz CT molecular complexity index is 906. The fourth-order valence-corrected chi connectivity index (χ4v) is 2.70. The molecule has 0 aliphatic rings. The fraction of sp³-hybridized carbons (Fsp3) is 0.188. The topological polar surface area (TPSA) is 67.5 Å². The van der Waals surface area contributed by atoms with Crippen LogP contribution in [0.4, 0.5) is 0 Å². The Kier molecular flexibility index (Phi) is 4.24. The molecule has 0 bridgehead atoms. The van der Waals surface area contributed by atoms with E-state index in [1.807, 2.05) is 0 Å². The molecule has 0 spiro atoms. The van der Waals surface area contributed by atoms with Gasteiger partial charge in [-0.3, -0.25) is 4.79 Å². The van der Waals surface area contributed by atoms with Crippen molar-refractivity contribution in [1.82, 2.24) is 14.6 Å². The van der Waals surface area contributed by atoms with Gasteiger partial charge in [0.1, 0.15) is 5.69 Å². The van der Waals surface area contributed by atoms with Gasteiger partial charge in [0, 0.05) is 24.5 Å². The normalized spacial score (nSPS) is 11.1. The van der Waals surface area contributed by atoms with Gasteiger partial charge in [0.05, 0.1) is 16.2 Å². The average Bonchev–Trinajstić information content (AvgIpc) is 3.01. The summed E-state index contributed by atoms with van der Waals surface area (Å²) in [5.41, 5.74) is 1.92. The van der Waals surface area contributed by atoms with E-state index in [1.165, 1.54) is 10.7 Å². The van der Waals surface area contributed by atoms with Gasteiger partial charge in [0.2, 0.25) is 5.88 Å². The largest absolute Gasteiger partial charge is 0.493 e. The highest BCUT2D eigenvalue weighted by atomic mass is 35.5. The second-order valence-electron chi connectivity index (χ2n) is 5.07. The van der Waals surface area contributed by atoms with E-state index in [1.54, 1.807) is 31.2 Å². The van der Waals surface area contributed by atoms with Crippen molar-refractivity contribution in [3.63, 3.8) is 0 Å². The van der Waals surface area contributed by atoms with Crippen molar-refractivity contribution in [2.24, 2.45) is 0 Å². The number of benzene rings is 1. The SMILES string of the molecule is CCC(=O)c1nc2ccnn2c(O)c1Cc1ccc(Cl)c(Cl)c1. The van der Waals surface area contributed by atoms with E-state index < -0.39 is 0 Å². The molecule has 5 nitrogen and oxygen atoms in total. The summed E-state index contributed by atoms with van der Waals surface area (Å²) >= 11 is 12.0. The third-order valence-electron chi connectivity index (χ3n) is 3.56. The molecule has 0 fully saturated rings. The van der Waals surface area contributed by atoms with Gasteiger partial charge in [-0.1, -0.05) is 36.2 Å². The Morgan fingerprint density at radius 3 is 2.74 bits per heavy atom. The predicted molar refractivity (Wildman–Crippen MR) is 88.5 cm³/mol. The molecule has 0 saturated carbocycles. The molecule has 1 aromatic carbocycles. The Labute approximate surface area is 142 Å². The molecule has 118 valence electrons. The Morgan fingerprint density at radius 1 is 1.26 bits per heavy atom. The average molecular weight is 350 g/mol. The minimum atomic E-state index is -0.140. The van der Waals surface area contributed by atoms with Crippen LogP contribution >= 0.6 is 23.2 Å². The first-order chi connectivity index (χ1) is 11.0. The number of aromatic nitrogens is 3. The van der Waals surface area contributed by atoms with Crippen molar-refractivity contribution < 1.29 is 9.90 Å². The lowest BCUT2D eigenvalue weighted by atomic mass is 10.0. The zero-order valence-corrected chi connectivity index (χ0v) is 13.8. The third kappa shape index (κ3) is 2.90. The van der Waals surface area contributed by atoms with Crippen LogP contribution in [0.1, 0.15) is 35.0 Å². The van der Waals surface area contributed by atoms with E-state index in [0.717, 1.165) is 5.56 Å². The first kappa shape index (κ1) is 15.8. The summed E-state index contributed by atoms with van der Waals surface area (Å²) in [5.74, 6) is -0.234. The van der Waals surface area contributed by atoms with Crippen molar-refractivity contribution >= 4 is 34.6 Å². The minimum Gasteiger partial charge on any atom is -0.493 e. The zero-order chi connectivity index (χ0) is 16.6. The van der Waals surface area contributed by atoms with Gasteiger partial charge in [-0.25, -0.2) is 4.98 Å². The lowest BCUT2D eigenvalue weighted by Gasteiger charge is -2.11. The van der Waals surface area contributed by atoms with Crippen LogP contribution in [0.2, 0.25) is 10.0 Å². The summed E-state index contributed by atoms with van der Waals surface area (Å²) in [5, 5.41) is 15.4. The van der Waals surface area contributed by atoms with Crippen LogP contribution in [0, 0.1) is 0 Å². The van der Waals surface area contributed by atoms with Gasteiger partial charge < -0.3 is 5.11 Å². The van der Waals surface area contributed by atoms with Gasteiger partial charge in [-0.2, -0.15) is 9.61 Å². The van der Waals surface area contributed by atoms with Crippen LogP contribution < -0.4 is 0 Å². The molecule has 2 heterocycles. The quantitative estimate of drug-likeness (QED) is 0.724. The number of carbonyl (C=O) groups is 1. The Balaban J connectivity index is 2.15. The minimum absolute atomic E-state index is 0.0946. The van der Waals surface area contributed by atoms with Crippen molar-refractivity contribution in [1.29, 1.82) is 0 Å². The predicted octanol–water partition coefficient (Wildman–Crippen LogP) is 3.93. The molecule has 0 aliphatic carbocycles. The Morgan fingerprint density at radius 2 is 2.04 bits per heavy atom. The molecule has 3 rings (SSSR count). The maximum Gasteiger partial charge on any atom is 0.219 e. The highest BCUT2D eigenvalue weighted by molar-refractivity contribution is 6.42. The summed E-state index contributed by atoms with van der Waals surface area (Å²) in [6, 6.07) is 6.81. The van der Waals surface area contributed by atoms with Crippen LogP contribution in [0.5, 0.6) is 5.88 Å². The molecule has 0 aliphatic heterocycles. The highest BCUT2D eigenvalue weighted by Crippen LogP contribution is 2.28. The Hall–Kier alpha value is -2.11. The van der Waals surface area contributed by atoms with Crippen LogP contribution in [0.25, 0.3) is 5.65 Å². The van der Waals surface area contributed by atoms with Gasteiger partial charge in [0.15, 0.2) is 11.4 Å². The number of Topliss-reactive ketones (excluding diaryl/α,β-unsaturated/α-hetero) is 1. The number of nitrogens with zero attached hydrogens (tertiary/aromatic N) is 3. The number of hydrogen-bond acceptors (Lipinski definition) is 4. The zero-order valence-electron chi connectivity index (χ0n) is 12.3. The molecule has 0 amide bonds. The van der Waals surface area contributed by atoms with Crippen LogP contribution in [-0.2, 0) is 6.42 Å². The number of hydrogen-bond donors (Lipinski definition) is 1. The third-order valence-corrected chi connectivity index (χ3v) is 4.29. The second kappa shape index (κ2) is 6.18. The number of fused-ring (bicyclic) bond motifs is 1. The molecule has 7 heteroatoms. The van der Waals surface area contributed by atoms with E-state index in [-0.39, 0.29) is 17.4 Å². The molecule has 0 atom stereocenters. The van der Waals surface area contributed by atoms with Crippen molar-refractivity contribution in [3.8, 4) is 5.88 Å². The van der Waals surface area contributed by atoms with Crippen molar-refractivity contribution in [2.45, 2.75) is 19.8 Å². The molecule has 1 N–H and O–H groups in total. The summed E-state index contributed by atoms with van der Waals surface area (Å²) in [6.45, 7) is 1.75. The van der Waals surface area contributed by atoms with Gasteiger partial charge >= 0.3 is 0 Å². The molecule has 0 saturated heterocycles. The van der Waals surface area contributed by atoms with Gasteiger partial charge in [-0.15, -0.1) is 0 Å². The molecule has 0 radical (unpaired) electrons. The van der Waals surface area contributed by atoms with Crippen molar-refractivity contribution in [2.75, 3.05) is 0 Å². The standard InChI is InChI=1S/C16H13Cl2N3O2/c1-2-13(22)15-10(7-9-3-4-11(17)12(18)8-9)16(23)21-14(20-15)5-6-19-21/h3-6,8,23H,2,7H2,1H3. The smallest absolute Gasteiger partial charge is 0.219 e. The lowest BCUT2D eigenvalue weighted by Crippen LogP contribution is -2.10. The molecule has 0 unspecified atom stereocenters. The molecule has 23 heavy (non-hydrogen) atoms. The van der Waals surface area contributed by atoms with Gasteiger partial charge in [0.25, 0.3) is 0 Å². The fourth-order valence-electron chi connectivity index (χ4n) is 2.37. The summed E-state index contributed by atoms with van der Waals surface area (Å²) < 4.78 is 1.30. The van der Waals surface area contributed by atoms with Crippen LogP contribution in [-0.4, -0.2) is 25.5 Å². The summed E-state index contributed by atoms with van der Waals surface area (Å²) in [7, 11) is 0.